The minimum atomic E-state index is -0.500. The van der Waals surface area contributed by atoms with Crippen molar-refractivity contribution >= 4 is 35.0 Å². The Balaban J connectivity index is 1.54. The van der Waals surface area contributed by atoms with Crippen LogP contribution in [-0.2, 0) is 9.53 Å². The molecule has 156 valence electrons. The zero-order chi connectivity index (χ0) is 21.6. The van der Waals surface area contributed by atoms with Gasteiger partial charge in [-0.3, -0.25) is 4.79 Å². The van der Waals surface area contributed by atoms with Crippen LogP contribution in [0.3, 0.4) is 0 Å². The van der Waals surface area contributed by atoms with Crippen molar-refractivity contribution in [2.24, 2.45) is 0 Å². The van der Waals surface area contributed by atoms with Crippen LogP contribution in [0, 0.1) is 11.3 Å². The summed E-state index contributed by atoms with van der Waals surface area (Å²) in [5.41, 5.74) is 2.93. The SMILES string of the molecule is N#C/C(=C\c1ccc(-n2cncn2)cc1)C(=O)Nc1cc(Cl)ccc1N1CCOCC1. The summed E-state index contributed by atoms with van der Waals surface area (Å²) in [7, 11) is 0. The maximum absolute atomic E-state index is 12.8. The van der Waals surface area contributed by atoms with Crippen molar-refractivity contribution in [3.63, 3.8) is 0 Å². The molecule has 1 saturated heterocycles. The van der Waals surface area contributed by atoms with Crippen LogP contribution in [0.5, 0.6) is 0 Å². The molecule has 0 spiro atoms. The number of nitrogens with zero attached hydrogens (tertiary/aromatic N) is 5. The molecule has 0 unspecified atom stereocenters. The van der Waals surface area contributed by atoms with Gasteiger partial charge >= 0.3 is 0 Å². The van der Waals surface area contributed by atoms with E-state index in [1.165, 1.54) is 6.33 Å². The largest absolute Gasteiger partial charge is 0.378 e. The van der Waals surface area contributed by atoms with Gasteiger partial charge in [0, 0.05) is 18.1 Å². The fourth-order valence-electron chi connectivity index (χ4n) is 3.26. The summed E-state index contributed by atoms with van der Waals surface area (Å²) in [6.45, 7) is 2.65. The number of halogens is 1. The first-order valence-corrected chi connectivity index (χ1v) is 10.0. The molecule has 1 amide bonds. The van der Waals surface area contributed by atoms with E-state index in [9.17, 15) is 10.1 Å². The summed E-state index contributed by atoms with van der Waals surface area (Å²) < 4.78 is 7.03. The van der Waals surface area contributed by atoms with Crippen LogP contribution in [-0.4, -0.2) is 47.0 Å². The molecule has 1 N–H and O–H groups in total. The average Bonchev–Trinajstić information content (AvgIpc) is 3.33. The van der Waals surface area contributed by atoms with Crippen molar-refractivity contribution < 1.29 is 9.53 Å². The smallest absolute Gasteiger partial charge is 0.266 e. The third kappa shape index (κ3) is 4.91. The summed E-state index contributed by atoms with van der Waals surface area (Å²) in [6.07, 6.45) is 4.59. The Hall–Kier alpha value is -3.67. The lowest BCUT2D eigenvalue weighted by atomic mass is 10.1. The number of carbonyl (C=O) groups is 1. The first kappa shape index (κ1) is 20.6. The summed E-state index contributed by atoms with van der Waals surface area (Å²) in [6, 6.07) is 14.6. The minimum absolute atomic E-state index is 0.0126. The highest BCUT2D eigenvalue weighted by Crippen LogP contribution is 2.30. The van der Waals surface area contributed by atoms with Gasteiger partial charge in [0.15, 0.2) is 0 Å². The zero-order valence-corrected chi connectivity index (χ0v) is 17.3. The van der Waals surface area contributed by atoms with Crippen LogP contribution in [0.2, 0.25) is 5.02 Å². The standard InChI is InChI=1S/C22H19ClN6O2/c23-18-3-6-21(28-7-9-31-10-8-28)20(12-18)27-22(30)17(13-24)11-16-1-4-19(5-2-16)29-15-25-14-26-29/h1-6,11-12,14-15H,7-10H2,(H,27,30)/b17-11+. The fraction of sp³-hybridized carbons (Fsp3) is 0.182. The van der Waals surface area contributed by atoms with Crippen molar-refractivity contribution in [2.45, 2.75) is 0 Å². The lowest BCUT2D eigenvalue weighted by Crippen LogP contribution is -2.36. The zero-order valence-electron chi connectivity index (χ0n) is 16.5. The molecule has 1 aliphatic heterocycles. The van der Waals surface area contributed by atoms with E-state index in [0.717, 1.165) is 16.9 Å². The normalized spacial score (nSPS) is 14.2. The molecule has 0 radical (unpaired) electrons. The molecule has 1 aromatic heterocycles. The molecule has 4 rings (SSSR count). The summed E-state index contributed by atoms with van der Waals surface area (Å²) in [4.78, 5) is 18.9. The quantitative estimate of drug-likeness (QED) is 0.489. The summed E-state index contributed by atoms with van der Waals surface area (Å²) in [5, 5.41) is 17.0. The number of morpholine rings is 1. The Morgan fingerprint density at radius 3 is 2.65 bits per heavy atom. The van der Waals surface area contributed by atoms with E-state index < -0.39 is 5.91 Å². The molecule has 3 aromatic rings. The Kier molecular flexibility index (Phi) is 6.26. The number of rotatable bonds is 5. The number of hydrogen-bond acceptors (Lipinski definition) is 6. The van der Waals surface area contributed by atoms with Gasteiger partial charge in [-0.05, 0) is 42.0 Å². The Bertz CT molecular complexity index is 1130. The molecule has 1 fully saturated rings. The Morgan fingerprint density at radius 2 is 1.97 bits per heavy atom. The summed E-state index contributed by atoms with van der Waals surface area (Å²) in [5.74, 6) is -0.500. The highest BCUT2D eigenvalue weighted by Gasteiger charge is 2.18. The van der Waals surface area contributed by atoms with Crippen molar-refractivity contribution in [1.29, 1.82) is 5.26 Å². The number of nitrogens with one attached hydrogen (secondary N) is 1. The molecule has 9 heteroatoms. The molecule has 2 aromatic carbocycles. The molecule has 31 heavy (non-hydrogen) atoms. The lowest BCUT2D eigenvalue weighted by molar-refractivity contribution is -0.112. The predicted molar refractivity (Wildman–Crippen MR) is 118 cm³/mol. The highest BCUT2D eigenvalue weighted by atomic mass is 35.5. The van der Waals surface area contributed by atoms with E-state index in [1.54, 1.807) is 41.4 Å². The van der Waals surface area contributed by atoms with Crippen LogP contribution < -0.4 is 10.2 Å². The van der Waals surface area contributed by atoms with E-state index in [-0.39, 0.29) is 5.57 Å². The van der Waals surface area contributed by atoms with Gasteiger partial charge in [-0.25, -0.2) is 9.67 Å². The van der Waals surface area contributed by atoms with E-state index in [1.807, 2.05) is 24.3 Å². The number of carbonyl (C=O) groups excluding carboxylic acids is 1. The van der Waals surface area contributed by atoms with Crippen LogP contribution in [0.15, 0.2) is 60.7 Å². The molecule has 0 atom stereocenters. The van der Waals surface area contributed by atoms with E-state index in [0.29, 0.717) is 37.0 Å². The van der Waals surface area contributed by atoms with Gasteiger partial charge < -0.3 is 15.0 Å². The van der Waals surface area contributed by atoms with Gasteiger partial charge in [0.2, 0.25) is 0 Å². The number of benzene rings is 2. The molecule has 0 bridgehead atoms. The fourth-order valence-corrected chi connectivity index (χ4v) is 3.43. The van der Waals surface area contributed by atoms with Crippen LogP contribution in [0.1, 0.15) is 5.56 Å². The van der Waals surface area contributed by atoms with Gasteiger partial charge in [0.1, 0.15) is 24.3 Å². The van der Waals surface area contributed by atoms with Crippen molar-refractivity contribution in [3.05, 3.63) is 71.3 Å². The average molecular weight is 435 g/mol. The minimum Gasteiger partial charge on any atom is -0.378 e. The van der Waals surface area contributed by atoms with Crippen LogP contribution in [0.4, 0.5) is 11.4 Å². The first-order valence-electron chi connectivity index (χ1n) is 9.64. The van der Waals surface area contributed by atoms with E-state index in [4.69, 9.17) is 16.3 Å². The van der Waals surface area contributed by atoms with Crippen molar-refractivity contribution in [3.8, 4) is 11.8 Å². The molecule has 1 aliphatic rings. The van der Waals surface area contributed by atoms with Crippen molar-refractivity contribution in [2.75, 3.05) is 36.5 Å². The van der Waals surface area contributed by atoms with Crippen LogP contribution in [0.25, 0.3) is 11.8 Å². The Morgan fingerprint density at radius 1 is 1.19 bits per heavy atom. The monoisotopic (exact) mass is 434 g/mol. The van der Waals surface area contributed by atoms with Gasteiger partial charge in [-0.15, -0.1) is 0 Å². The maximum atomic E-state index is 12.8. The van der Waals surface area contributed by atoms with E-state index in [2.05, 4.69) is 20.3 Å². The number of amides is 1. The predicted octanol–water partition coefficient (Wildman–Crippen LogP) is 3.30. The molecule has 0 saturated carbocycles. The van der Waals surface area contributed by atoms with Gasteiger partial charge in [0.25, 0.3) is 5.91 Å². The molecule has 8 nitrogen and oxygen atoms in total. The summed E-state index contributed by atoms with van der Waals surface area (Å²) >= 11 is 6.15. The number of ether oxygens (including phenoxy) is 1. The number of aromatic nitrogens is 3. The second kappa shape index (κ2) is 9.43. The number of anilines is 2. The number of nitriles is 1. The Labute approximate surface area is 184 Å². The van der Waals surface area contributed by atoms with Gasteiger partial charge in [-0.2, -0.15) is 10.4 Å². The maximum Gasteiger partial charge on any atom is 0.266 e. The topological polar surface area (TPSA) is 96.1 Å². The van der Waals surface area contributed by atoms with E-state index >= 15 is 0 Å². The van der Waals surface area contributed by atoms with Crippen molar-refractivity contribution in [1.82, 2.24) is 14.8 Å². The second-order valence-corrected chi connectivity index (χ2v) is 7.25. The third-order valence-corrected chi connectivity index (χ3v) is 5.05. The highest BCUT2D eigenvalue weighted by molar-refractivity contribution is 6.31. The molecule has 0 aliphatic carbocycles. The lowest BCUT2D eigenvalue weighted by Gasteiger charge is -2.30. The second-order valence-electron chi connectivity index (χ2n) is 6.82. The molecular formula is C22H19ClN6O2. The first-order chi connectivity index (χ1) is 15.1. The van der Waals surface area contributed by atoms with Gasteiger partial charge in [0.05, 0.1) is 30.3 Å². The number of hydrogen-bond donors (Lipinski definition) is 1. The molecular weight excluding hydrogens is 416 g/mol. The van der Waals surface area contributed by atoms with Gasteiger partial charge in [-0.1, -0.05) is 23.7 Å². The third-order valence-electron chi connectivity index (χ3n) is 4.81. The molecule has 2 heterocycles. The van der Waals surface area contributed by atoms with Crippen LogP contribution >= 0.6 is 11.6 Å².